The summed E-state index contributed by atoms with van der Waals surface area (Å²) in [4.78, 5) is 9.73. The quantitative estimate of drug-likeness (QED) is 0.454. The molecule has 1 aliphatic carbocycles. The number of hydrogen-bond acceptors (Lipinski definition) is 3. The SMILES string of the molecule is O=[N+]([O-])c1cn(C2CC=CC2)nc1C(F)F. The molecule has 5 nitrogen and oxygen atoms in total. The number of allylic oxidation sites excluding steroid dienone is 2. The van der Waals surface area contributed by atoms with Gasteiger partial charge in [0.05, 0.1) is 11.0 Å². The van der Waals surface area contributed by atoms with Gasteiger partial charge in [0.15, 0.2) is 0 Å². The van der Waals surface area contributed by atoms with Gasteiger partial charge in [0.1, 0.15) is 6.20 Å². The Morgan fingerprint density at radius 2 is 2.12 bits per heavy atom. The third-order valence-electron chi connectivity index (χ3n) is 2.50. The predicted octanol–water partition coefficient (Wildman–Crippen LogP) is 2.62. The molecule has 86 valence electrons. The third-order valence-corrected chi connectivity index (χ3v) is 2.50. The lowest BCUT2D eigenvalue weighted by Crippen LogP contribution is -2.06. The molecule has 0 aromatic carbocycles. The zero-order chi connectivity index (χ0) is 11.7. The van der Waals surface area contributed by atoms with Crippen molar-refractivity contribution in [1.82, 2.24) is 9.78 Å². The molecule has 2 rings (SSSR count). The van der Waals surface area contributed by atoms with Gasteiger partial charge in [0.2, 0.25) is 5.69 Å². The number of rotatable bonds is 3. The minimum atomic E-state index is -2.92. The number of nitro groups is 1. The fraction of sp³-hybridized carbons (Fsp3) is 0.444. The molecular formula is C9H9F2N3O2. The van der Waals surface area contributed by atoms with E-state index in [-0.39, 0.29) is 6.04 Å². The topological polar surface area (TPSA) is 61.0 Å². The van der Waals surface area contributed by atoms with Crippen molar-refractivity contribution < 1.29 is 13.7 Å². The molecule has 1 aromatic heterocycles. The molecule has 0 N–H and O–H groups in total. The Balaban J connectivity index is 2.34. The molecule has 0 fully saturated rings. The summed E-state index contributed by atoms with van der Waals surface area (Å²) in [6.07, 6.45) is 3.30. The van der Waals surface area contributed by atoms with E-state index >= 15 is 0 Å². The van der Waals surface area contributed by atoms with Crippen LogP contribution in [0.1, 0.15) is 31.0 Å². The number of hydrogen-bond donors (Lipinski definition) is 0. The number of aromatic nitrogens is 2. The largest absolute Gasteiger partial charge is 0.316 e. The lowest BCUT2D eigenvalue weighted by molar-refractivity contribution is -0.386. The van der Waals surface area contributed by atoms with E-state index in [1.807, 2.05) is 12.2 Å². The fourth-order valence-corrected chi connectivity index (χ4v) is 1.70. The van der Waals surface area contributed by atoms with Gasteiger partial charge in [-0.05, 0) is 12.8 Å². The van der Waals surface area contributed by atoms with Crippen molar-refractivity contribution in [2.24, 2.45) is 0 Å². The summed E-state index contributed by atoms with van der Waals surface area (Å²) in [5.74, 6) is 0. The minimum Gasteiger partial charge on any atom is -0.261 e. The minimum absolute atomic E-state index is 0.0776. The van der Waals surface area contributed by atoms with Crippen LogP contribution in [0.4, 0.5) is 14.5 Å². The van der Waals surface area contributed by atoms with Crippen molar-refractivity contribution in [2.45, 2.75) is 25.3 Å². The summed E-state index contributed by atoms with van der Waals surface area (Å²) in [6, 6.07) is -0.0776. The highest BCUT2D eigenvalue weighted by Gasteiger charge is 2.28. The molecule has 1 aromatic rings. The van der Waals surface area contributed by atoms with Crippen molar-refractivity contribution in [3.8, 4) is 0 Å². The van der Waals surface area contributed by atoms with E-state index in [0.29, 0.717) is 12.8 Å². The van der Waals surface area contributed by atoms with E-state index in [9.17, 15) is 18.9 Å². The average molecular weight is 229 g/mol. The Labute approximate surface area is 89.5 Å². The van der Waals surface area contributed by atoms with Crippen molar-refractivity contribution in [3.63, 3.8) is 0 Å². The Hall–Kier alpha value is -1.79. The van der Waals surface area contributed by atoms with E-state index in [1.165, 1.54) is 4.68 Å². The van der Waals surface area contributed by atoms with Crippen molar-refractivity contribution >= 4 is 5.69 Å². The van der Waals surface area contributed by atoms with Crippen LogP contribution in [0.2, 0.25) is 0 Å². The van der Waals surface area contributed by atoms with Crippen LogP contribution in [0.15, 0.2) is 18.3 Å². The molecule has 0 bridgehead atoms. The molecule has 0 aliphatic heterocycles. The highest BCUT2D eigenvalue weighted by atomic mass is 19.3. The molecule has 1 aliphatic rings. The smallest absolute Gasteiger partial charge is 0.261 e. The van der Waals surface area contributed by atoms with E-state index in [2.05, 4.69) is 5.10 Å². The monoisotopic (exact) mass is 229 g/mol. The molecule has 0 amide bonds. The number of halogens is 2. The summed E-state index contributed by atoms with van der Waals surface area (Å²) in [5, 5.41) is 14.2. The van der Waals surface area contributed by atoms with Crippen LogP contribution >= 0.6 is 0 Å². The van der Waals surface area contributed by atoms with Crippen LogP contribution in [0.5, 0.6) is 0 Å². The van der Waals surface area contributed by atoms with Crippen LogP contribution in [0, 0.1) is 10.1 Å². The first-order chi connectivity index (χ1) is 7.59. The standard InChI is InChI=1S/C9H9F2N3O2/c10-9(11)8-7(14(15)16)5-13(12-8)6-3-1-2-4-6/h1-2,5-6,9H,3-4H2. The highest BCUT2D eigenvalue weighted by Crippen LogP contribution is 2.31. The van der Waals surface area contributed by atoms with Gasteiger partial charge >= 0.3 is 5.69 Å². The van der Waals surface area contributed by atoms with Gasteiger partial charge in [0, 0.05) is 0 Å². The second kappa shape index (κ2) is 3.99. The number of nitrogens with zero attached hydrogens (tertiary/aromatic N) is 3. The van der Waals surface area contributed by atoms with E-state index in [4.69, 9.17) is 0 Å². The Kier molecular flexibility index (Phi) is 2.67. The van der Waals surface area contributed by atoms with Crippen LogP contribution in [0.25, 0.3) is 0 Å². The molecule has 0 atom stereocenters. The van der Waals surface area contributed by atoms with E-state index < -0.39 is 22.7 Å². The average Bonchev–Trinajstić information content (AvgIpc) is 2.86. The molecule has 0 unspecified atom stereocenters. The third kappa shape index (κ3) is 1.80. The van der Waals surface area contributed by atoms with Crippen LogP contribution in [-0.2, 0) is 0 Å². The molecule has 1 heterocycles. The Bertz CT molecular complexity index is 434. The first-order valence-corrected chi connectivity index (χ1v) is 4.76. The molecule has 0 saturated heterocycles. The summed E-state index contributed by atoms with van der Waals surface area (Å²) < 4.78 is 26.2. The van der Waals surface area contributed by atoms with Gasteiger partial charge in [-0.1, -0.05) is 12.2 Å². The molecule has 0 spiro atoms. The lowest BCUT2D eigenvalue weighted by atomic mass is 10.2. The normalized spacial score (nSPS) is 16.2. The first-order valence-electron chi connectivity index (χ1n) is 4.76. The Morgan fingerprint density at radius 3 is 2.56 bits per heavy atom. The maximum atomic E-state index is 12.5. The number of alkyl halides is 2. The summed E-state index contributed by atoms with van der Waals surface area (Å²) in [7, 11) is 0. The van der Waals surface area contributed by atoms with Gasteiger partial charge in [0.25, 0.3) is 6.43 Å². The van der Waals surface area contributed by atoms with E-state index in [0.717, 1.165) is 6.20 Å². The van der Waals surface area contributed by atoms with Crippen molar-refractivity contribution in [3.05, 3.63) is 34.2 Å². The van der Waals surface area contributed by atoms with Gasteiger partial charge < -0.3 is 0 Å². The molecule has 0 saturated carbocycles. The molecule has 0 radical (unpaired) electrons. The second-order valence-corrected chi connectivity index (χ2v) is 3.53. The Morgan fingerprint density at radius 1 is 1.50 bits per heavy atom. The maximum absolute atomic E-state index is 12.5. The maximum Gasteiger partial charge on any atom is 0.316 e. The van der Waals surface area contributed by atoms with Gasteiger partial charge in [-0.25, -0.2) is 8.78 Å². The van der Waals surface area contributed by atoms with Crippen molar-refractivity contribution in [1.29, 1.82) is 0 Å². The highest BCUT2D eigenvalue weighted by molar-refractivity contribution is 5.33. The van der Waals surface area contributed by atoms with Crippen molar-refractivity contribution in [2.75, 3.05) is 0 Å². The van der Waals surface area contributed by atoms with Crippen LogP contribution in [0.3, 0.4) is 0 Å². The molecule has 7 heteroatoms. The van der Waals surface area contributed by atoms with Gasteiger partial charge in [-0.15, -0.1) is 0 Å². The van der Waals surface area contributed by atoms with Crippen LogP contribution in [-0.4, -0.2) is 14.7 Å². The zero-order valence-electron chi connectivity index (χ0n) is 8.22. The van der Waals surface area contributed by atoms with E-state index in [1.54, 1.807) is 0 Å². The zero-order valence-corrected chi connectivity index (χ0v) is 8.22. The van der Waals surface area contributed by atoms with Gasteiger partial charge in [-0.3, -0.25) is 14.8 Å². The summed E-state index contributed by atoms with van der Waals surface area (Å²) in [5.41, 5.74) is -1.36. The second-order valence-electron chi connectivity index (χ2n) is 3.53. The fourth-order valence-electron chi connectivity index (χ4n) is 1.70. The summed E-state index contributed by atoms with van der Waals surface area (Å²) >= 11 is 0. The van der Waals surface area contributed by atoms with Crippen LogP contribution < -0.4 is 0 Å². The van der Waals surface area contributed by atoms with Gasteiger partial charge in [-0.2, -0.15) is 5.10 Å². The first kappa shape index (κ1) is 10.7. The molecule has 16 heavy (non-hydrogen) atoms. The molecular weight excluding hydrogens is 220 g/mol. The summed E-state index contributed by atoms with van der Waals surface area (Å²) in [6.45, 7) is 0. The lowest BCUT2D eigenvalue weighted by Gasteiger charge is -2.07. The predicted molar refractivity (Wildman–Crippen MR) is 51.2 cm³/mol.